The maximum atomic E-state index is 4.32. The average molecular weight is 199 g/mol. The van der Waals surface area contributed by atoms with E-state index >= 15 is 0 Å². The SMILES string of the molecule is c1ccc(-n2ccnc2NC2CC2)cc1. The van der Waals surface area contributed by atoms with Gasteiger partial charge in [0.2, 0.25) is 5.95 Å². The van der Waals surface area contributed by atoms with Gasteiger partial charge in [-0.25, -0.2) is 4.98 Å². The summed E-state index contributed by atoms with van der Waals surface area (Å²) in [5.74, 6) is 0.948. The van der Waals surface area contributed by atoms with E-state index < -0.39 is 0 Å². The number of benzene rings is 1. The molecule has 1 aromatic heterocycles. The first-order valence-electron chi connectivity index (χ1n) is 5.29. The molecule has 3 rings (SSSR count). The van der Waals surface area contributed by atoms with Crippen LogP contribution in [0.4, 0.5) is 5.95 Å². The van der Waals surface area contributed by atoms with Gasteiger partial charge in [0.15, 0.2) is 0 Å². The van der Waals surface area contributed by atoms with Crippen molar-refractivity contribution in [2.75, 3.05) is 5.32 Å². The van der Waals surface area contributed by atoms with E-state index in [9.17, 15) is 0 Å². The Kier molecular flexibility index (Phi) is 1.95. The second-order valence-corrected chi connectivity index (χ2v) is 3.88. The number of rotatable bonds is 3. The molecule has 0 bridgehead atoms. The van der Waals surface area contributed by atoms with Crippen molar-refractivity contribution >= 4 is 5.95 Å². The summed E-state index contributed by atoms with van der Waals surface area (Å²) in [6.07, 6.45) is 6.35. The van der Waals surface area contributed by atoms with Gasteiger partial charge in [0.05, 0.1) is 0 Å². The molecule has 3 heteroatoms. The second-order valence-electron chi connectivity index (χ2n) is 3.88. The highest BCUT2D eigenvalue weighted by Crippen LogP contribution is 2.24. The van der Waals surface area contributed by atoms with Crippen LogP contribution in [0.3, 0.4) is 0 Å². The van der Waals surface area contributed by atoms with Gasteiger partial charge in [-0.3, -0.25) is 4.57 Å². The third kappa shape index (κ3) is 1.73. The normalized spacial score (nSPS) is 15.2. The summed E-state index contributed by atoms with van der Waals surface area (Å²) < 4.78 is 2.08. The van der Waals surface area contributed by atoms with Gasteiger partial charge < -0.3 is 5.32 Å². The monoisotopic (exact) mass is 199 g/mol. The van der Waals surface area contributed by atoms with Crippen molar-refractivity contribution < 1.29 is 0 Å². The molecular weight excluding hydrogens is 186 g/mol. The van der Waals surface area contributed by atoms with Crippen molar-refractivity contribution in [3.8, 4) is 5.69 Å². The quantitative estimate of drug-likeness (QED) is 0.822. The van der Waals surface area contributed by atoms with Crippen LogP contribution in [0, 0.1) is 0 Å². The molecule has 2 aromatic rings. The van der Waals surface area contributed by atoms with Crippen molar-refractivity contribution in [2.24, 2.45) is 0 Å². The highest BCUT2D eigenvalue weighted by molar-refractivity contribution is 5.42. The summed E-state index contributed by atoms with van der Waals surface area (Å²) in [5, 5.41) is 3.41. The lowest BCUT2D eigenvalue weighted by molar-refractivity contribution is 1.00. The maximum Gasteiger partial charge on any atom is 0.207 e. The minimum Gasteiger partial charge on any atom is -0.353 e. The van der Waals surface area contributed by atoms with E-state index in [-0.39, 0.29) is 0 Å². The molecule has 0 aliphatic heterocycles. The zero-order chi connectivity index (χ0) is 10.1. The third-order valence-electron chi connectivity index (χ3n) is 2.59. The van der Waals surface area contributed by atoms with Gasteiger partial charge in [0, 0.05) is 24.1 Å². The van der Waals surface area contributed by atoms with Crippen LogP contribution in [-0.2, 0) is 0 Å². The Morgan fingerprint density at radius 2 is 2.00 bits per heavy atom. The fraction of sp³-hybridized carbons (Fsp3) is 0.250. The Morgan fingerprint density at radius 3 is 2.73 bits per heavy atom. The Labute approximate surface area is 88.8 Å². The van der Waals surface area contributed by atoms with E-state index in [1.54, 1.807) is 0 Å². The van der Waals surface area contributed by atoms with Crippen LogP contribution < -0.4 is 5.32 Å². The molecule has 1 aliphatic rings. The Morgan fingerprint density at radius 1 is 1.20 bits per heavy atom. The molecule has 0 radical (unpaired) electrons. The molecule has 1 aliphatic carbocycles. The predicted octanol–water partition coefficient (Wildman–Crippen LogP) is 2.45. The molecular formula is C12H13N3. The first-order chi connectivity index (χ1) is 7.43. The van der Waals surface area contributed by atoms with Crippen molar-refractivity contribution in [1.29, 1.82) is 0 Å². The zero-order valence-electron chi connectivity index (χ0n) is 8.43. The summed E-state index contributed by atoms with van der Waals surface area (Å²) in [4.78, 5) is 4.32. The molecule has 0 atom stereocenters. The number of nitrogens with one attached hydrogen (secondary N) is 1. The van der Waals surface area contributed by atoms with Gasteiger partial charge in [-0.15, -0.1) is 0 Å². The standard InChI is InChI=1S/C12H13N3/c1-2-4-11(5-3-1)15-9-8-13-12(15)14-10-6-7-10/h1-5,8-10H,6-7H2,(H,13,14). The van der Waals surface area contributed by atoms with Gasteiger partial charge >= 0.3 is 0 Å². The van der Waals surface area contributed by atoms with Crippen molar-refractivity contribution in [2.45, 2.75) is 18.9 Å². The van der Waals surface area contributed by atoms with Crippen LogP contribution in [0.15, 0.2) is 42.7 Å². The summed E-state index contributed by atoms with van der Waals surface area (Å²) in [7, 11) is 0. The van der Waals surface area contributed by atoms with Crippen LogP contribution >= 0.6 is 0 Å². The fourth-order valence-electron chi connectivity index (χ4n) is 1.62. The van der Waals surface area contributed by atoms with Crippen molar-refractivity contribution in [3.63, 3.8) is 0 Å². The number of hydrogen-bond acceptors (Lipinski definition) is 2. The van der Waals surface area contributed by atoms with E-state index in [0.29, 0.717) is 6.04 Å². The molecule has 0 unspecified atom stereocenters. The minimum absolute atomic E-state index is 0.634. The zero-order valence-corrected chi connectivity index (χ0v) is 8.43. The summed E-state index contributed by atoms with van der Waals surface area (Å²) in [6.45, 7) is 0. The van der Waals surface area contributed by atoms with Gasteiger partial charge in [-0.2, -0.15) is 0 Å². The van der Waals surface area contributed by atoms with E-state index in [4.69, 9.17) is 0 Å². The smallest absolute Gasteiger partial charge is 0.207 e. The lowest BCUT2D eigenvalue weighted by Gasteiger charge is -2.08. The number of hydrogen-bond donors (Lipinski definition) is 1. The highest BCUT2D eigenvalue weighted by Gasteiger charge is 2.22. The second kappa shape index (κ2) is 3.42. The van der Waals surface area contributed by atoms with Crippen molar-refractivity contribution in [3.05, 3.63) is 42.7 Å². The lowest BCUT2D eigenvalue weighted by Crippen LogP contribution is -2.07. The molecule has 15 heavy (non-hydrogen) atoms. The molecule has 1 aromatic carbocycles. The van der Waals surface area contributed by atoms with Crippen LogP contribution in [0.25, 0.3) is 5.69 Å². The van der Waals surface area contributed by atoms with Crippen LogP contribution in [-0.4, -0.2) is 15.6 Å². The molecule has 76 valence electrons. The molecule has 0 spiro atoms. The Bertz CT molecular complexity index is 443. The van der Waals surface area contributed by atoms with Crippen LogP contribution in [0.5, 0.6) is 0 Å². The van der Waals surface area contributed by atoms with Gasteiger partial charge in [-0.1, -0.05) is 18.2 Å². The number of aromatic nitrogens is 2. The Balaban J connectivity index is 1.93. The van der Waals surface area contributed by atoms with Crippen molar-refractivity contribution in [1.82, 2.24) is 9.55 Å². The largest absolute Gasteiger partial charge is 0.353 e. The van der Waals surface area contributed by atoms with Gasteiger partial charge in [0.25, 0.3) is 0 Å². The lowest BCUT2D eigenvalue weighted by atomic mass is 10.3. The average Bonchev–Trinajstić information content (AvgIpc) is 2.96. The summed E-state index contributed by atoms with van der Waals surface area (Å²) >= 11 is 0. The fourth-order valence-corrected chi connectivity index (χ4v) is 1.62. The Hall–Kier alpha value is -1.77. The number of para-hydroxylation sites is 1. The number of imidazole rings is 1. The molecule has 1 saturated carbocycles. The highest BCUT2D eigenvalue weighted by atomic mass is 15.2. The van der Waals surface area contributed by atoms with Gasteiger partial charge in [-0.05, 0) is 25.0 Å². The molecule has 1 fully saturated rings. The van der Waals surface area contributed by atoms with Gasteiger partial charge in [0.1, 0.15) is 0 Å². The third-order valence-corrected chi connectivity index (χ3v) is 2.59. The summed E-state index contributed by atoms with van der Waals surface area (Å²) in [6, 6.07) is 10.9. The minimum atomic E-state index is 0.634. The first kappa shape index (κ1) is 8.53. The van der Waals surface area contributed by atoms with Crippen LogP contribution in [0.1, 0.15) is 12.8 Å². The van der Waals surface area contributed by atoms with E-state index in [0.717, 1.165) is 11.6 Å². The molecule has 1 heterocycles. The van der Waals surface area contributed by atoms with E-state index in [1.165, 1.54) is 12.8 Å². The molecule has 0 saturated heterocycles. The van der Waals surface area contributed by atoms with E-state index in [1.807, 2.05) is 30.6 Å². The molecule has 3 nitrogen and oxygen atoms in total. The number of nitrogens with zero attached hydrogens (tertiary/aromatic N) is 2. The predicted molar refractivity (Wildman–Crippen MR) is 60.2 cm³/mol. The topological polar surface area (TPSA) is 29.9 Å². The maximum absolute atomic E-state index is 4.32. The summed E-state index contributed by atoms with van der Waals surface area (Å²) in [5.41, 5.74) is 1.15. The molecule has 0 amide bonds. The van der Waals surface area contributed by atoms with E-state index in [2.05, 4.69) is 27.0 Å². The first-order valence-corrected chi connectivity index (χ1v) is 5.29. The molecule has 1 N–H and O–H groups in total. The van der Waals surface area contributed by atoms with Crippen LogP contribution in [0.2, 0.25) is 0 Å². The number of anilines is 1.